The van der Waals surface area contributed by atoms with Gasteiger partial charge in [-0.15, -0.1) is 0 Å². The van der Waals surface area contributed by atoms with Crippen LogP contribution >= 0.6 is 0 Å². The van der Waals surface area contributed by atoms with Crippen molar-refractivity contribution in [1.82, 2.24) is 4.90 Å². The fourth-order valence-corrected chi connectivity index (χ4v) is 3.09. The summed E-state index contributed by atoms with van der Waals surface area (Å²) in [4.78, 5) is 13.9. The summed E-state index contributed by atoms with van der Waals surface area (Å²) in [6, 6.07) is 10.2. The van der Waals surface area contributed by atoms with E-state index in [-0.39, 0.29) is 18.1 Å². The standard InChI is InChI=1S/C17H25NO3/c1-13(14-8-6-5-7-9-14)18-15(11-20-4)12-21-17(2,3)16(18)10-19/h5-10,13,15-16H,11-12H2,1-4H3. The van der Waals surface area contributed by atoms with Crippen molar-refractivity contribution in [2.45, 2.75) is 44.5 Å². The summed E-state index contributed by atoms with van der Waals surface area (Å²) in [5.41, 5.74) is 0.706. The zero-order chi connectivity index (χ0) is 15.5. The van der Waals surface area contributed by atoms with E-state index in [4.69, 9.17) is 9.47 Å². The van der Waals surface area contributed by atoms with Crippen LogP contribution in [0.1, 0.15) is 32.4 Å². The lowest BCUT2D eigenvalue weighted by Crippen LogP contribution is -2.63. The van der Waals surface area contributed by atoms with E-state index < -0.39 is 5.60 Å². The van der Waals surface area contributed by atoms with Gasteiger partial charge in [0, 0.05) is 13.2 Å². The molecular weight excluding hydrogens is 266 g/mol. The van der Waals surface area contributed by atoms with E-state index in [1.165, 1.54) is 5.56 Å². The summed E-state index contributed by atoms with van der Waals surface area (Å²) in [5.74, 6) is 0. The van der Waals surface area contributed by atoms with Crippen molar-refractivity contribution in [3.8, 4) is 0 Å². The molecular formula is C17H25NO3. The van der Waals surface area contributed by atoms with Crippen LogP contribution in [-0.2, 0) is 14.3 Å². The van der Waals surface area contributed by atoms with Gasteiger partial charge in [-0.25, -0.2) is 0 Å². The van der Waals surface area contributed by atoms with Gasteiger partial charge in [0.15, 0.2) is 0 Å². The van der Waals surface area contributed by atoms with Crippen molar-refractivity contribution < 1.29 is 14.3 Å². The van der Waals surface area contributed by atoms with Crippen LogP contribution in [0.5, 0.6) is 0 Å². The number of methoxy groups -OCH3 is 1. The third-order valence-corrected chi connectivity index (χ3v) is 4.32. The molecule has 0 aromatic heterocycles. The van der Waals surface area contributed by atoms with E-state index in [9.17, 15) is 4.79 Å². The van der Waals surface area contributed by atoms with Gasteiger partial charge in [-0.2, -0.15) is 0 Å². The Morgan fingerprint density at radius 2 is 2.10 bits per heavy atom. The highest BCUT2D eigenvalue weighted by Crippen LogP contribution is 2.34. The number of carbonyl (C=O) groups excluding carboxylic acids is 1. The molecule has 1 saturated heterocycles. The average Bonchev–Trinajstić information content (AvgIpc) is 2.48. The average molecular weight is 291 g/mol. The SMILES string of the molecule is COCC1COC(C)(C)C(C=O)N1C(C)c1ccccc1. The lowest BCUT2D eigenvalue weighted by atomic mass is 9.91. The fraction of sp³-hybridized carbons (Fsp3) is 0.588. The maximum absolute atomic E-state index is 11.7. The molecule has 2 rings (SSSR count). The minimum Gasteiger partial charge on any atom is -0.383 e. The van der Waals surface area contributed by atoms with Gasteiger partial charge < -0.3 is 14.3 Å². The molecule has 1 aliphatic heterocycles. The van der Waals surface area contributed by atoms with Crippen LogP contribution in [0.3, 0.4) is 0 Å². The predicted octanol–water partition coefficient (Wildman–Crippen LogP) is 2.44. The molecule has 3 unspecified atom stereocenters. The second kappa shape index (κ2) is 6.69. The van der Waals surface area contributed by atoms with E-state index in [1.807, 2.05) is 32.0 Å². The molecule has 1 fully saturated rings. The van der Waals surface area contributed by atoms with Crippen LogP contribution in [0.4, 0.5) is 0 Å². The first-order valence-electron chi connectivity index (χ1n) is 7.42. The van der Waals surface area contributed by atoms with Crippen LogP contribution in [0.25, 0.3) is 0 Å². The monoisotopic (exact) mass is 291 g/mol. The second-order valence-corrected chi connectivity index (χ2v) is 6.14. The number of carbonyl (C=O) groups is 1. The molecule has 1 aromatic rings. The Kier molecular flexibility index (Phi) is 5.14. The molecule has 3 atom stereocenters. The van der Waals surface area contributed by atoms with E-state index in [0.29, 0.717) is 13.2 Å². The van der Waals surface area contributed by atoms with E-state index in [0.717, 1.165) is 6.29 Å². The number of ether oxygens (including phenoxy) is 2. The molecule has 1 aliphatic rings. The van der Waals surface area contributed by atoms with Crippen molar-refractivity contribution >= 4 is 6.29 Å². The molecule has 0 amide bonds. The van der Waals surface area contributed by atoms with Crippen molar-refractivity contribution in [1.29, 1.82) is 0 Å². The maximum Gasteiger partial charge on any atom is 0.140 e. The molecule has 0 spiro atoms. The van der Waals surface area contributed by atoms with Crippen molar-refractivity contribution in [3.05, 3.63) is 35.9 Å². The predicted molar refractivity (Wildman–Crippen MR) is 82.2 cm³/mol. The molecule has 1 heterocycles. The van der Waals surface area contributed by atoms with Crippen LogP contribution in [0.15, 0.2) is 30.3 Å². The lowest BCUT2D eigenvalue weighted by Gasteiger charge is -2.50. The van der Waals surface area contributed by atoms with E-state index >= 15 is 0 Å². The summed E-state index contributed by atoms with van der Waals surface area (Å²) in [5, 5.41) is 0. The number of benzene rings is 1. The maximum atomic E-state index is 11.7. The van der Waals surface area contributed by atoms with Gasteiger partial charge in [0.25, 0.3) is 0 Å². The van der Waals surface area contributed by atoms with Gasteiger partial charge in [0.2, 0.25) is 0 Å². The largest absolute Gasteiger partial charge is 0.383 e. The van der Waals surface area contributed by atoms with Gasteiger partial charge in [-0.3, -0.25) is 4.90 Å². The minimum atomic E-state index is -0.491. The fourth-order valence-electron chi connectivity index (χ4n) is 3.09. The topological polar surface area (TPSA) is 38.8 Å². The summed E-state index contributed by atoms with van der Waals surface area (Å²) in [6.07, 6.45) is 1.00. The van der Waals surface area contributed by atoms with Gasteiger partial charge in [0.05, 0.1) is 30.9 Å². The molecule has 1 aromatic carbocycles. The quantitative estimate of drug-likeness (QED) is 0.781. The molecule has 0 saturated carbocycles. The first-order chi connectivity index (χ1) is 10.0. The zero-order valence-corrected chi connectivity index (χ0v) is 13.3. The van der Waals surface area contributed by atoms with Crippen LogP contribution in [0, 0.1) is 0 Å². The Balaban J connectivity index is 2.34. The molecule has 0 bridgehead atoms. The smallest absolute Gasteiger partial charge is 0.140 e. The van der Waals surface area contributed by atoms with Crippen molar-refractivity contribution in [3.63, 3.8) is 0 Å². The van der Waals surface area contributed by atoms with Gasteiger partial charge in [0.1, 0.15) is 6.29 Å². The zero-order valence-electron chi connectivity index (χ0n) is 13.3. The van der Waals surface area contributed by atoms with E-state index in [1.54, 1.807) is 7.11 Å². The van der Waals surface area contributed by atoms with E-state index in [2.05, 4.69) is 24.0 Å². The first kappa shape index (κ1) is 16.1. The highest BCUT2D eigenvalue weighted by atomic mass is 16.5. The van der Waals surface area contributed by atoms with Crippen LogP contribution < -0.4 is 0 Å². The second-order valence-electron chi connectivity index (χ2n) is 6.14. The molecule has 0 radical (unpaired) electrons. The number of aldehydes is 1. The van der Waals surface area contributed by atoms with Gasteiger partial charge >= 0.3 is 0 Å². The van der Waals surface area contributed by atoms with Crippen molar-refractivity contribution in [2.24, 2.45) is 0 Å². The number of nitrogens with zero attached hydrogens (tertiary/aromatic N) is 1. The highest BCUT2D eigenvalue weighted by molar-refractivity contribution is 5.60. The van der Waals surface area contributed by atoms with Gasteiger partial charge in [-0.05, 0) is 26.3 Å². The molecule has 4 nitrogen and oxygen atoms in total. The molecule has 21 heavy (non-hydrogen) atoms. The summed E-state index contributed by atoms with van der Waals surface area (Å²) in [6.45, 7) is 7.20. The molecule has 0 N–H and O–H groups in total. The lowest BCUT2D eigenvalue weighted by molar-refractivity contribution is -0.174. The first-order valence-corrected chi connectivity index (χ1v) is 7.42. The van der Waals surface area contributed by atoms with Gasteiger partial charge in [-0.1, -0.05) is 30.3 Å². The Morgan fingerprint density at radius 3 is 2.67 bits per heavy atom. The van der Waals surface area contributed by atoms with Crippen molar-refractivity contribution in [2.75, 3.05) is 20.3 Å². The third kappa shape index (κ3) is 3.34. The number of morpholine rings is 1. The van der Waals surface area contributed by atoms with Crippen LogP contribution in [0.2, 0.25) is 0 Å². The number of hydrogen-bond donors (Lipinski definition) is 0. The minimum absolute atomic E-state index is 0.0773. The molecule has 0 aliphatic carbocycles. The third-order valence-electron chi connectivity index (χ3n) is 4.32. The molecule has 116 valence electrons. The molecule has 4 heteroatoms. The summed E-state index contributed by atoms with van der Waals surface area (Å²) < 4.78 is 11.2. The Hall–Kier alpha value is -1.23. The van der Waals surface area contributed by atoms with Crippen LogP contribution in [-0.4, -0.2) is 49.2 Å². The normalized spacial score (nSPS) is 27.2. The summed E-state index contributed by atoms with van der Waals surface area (Å²) in [7, 11) is 1.68. The highest BCUT2D eigenvalue weighted by Gasteiger charge is 2.45. The summed E-state index contributed by atoms with van der Waals surface area (Å²) >= 11 is 0. The number of hydrogen-bond acceptors (Lipinski definition) is 4. The Bertz CT molecular complexity index is 460. The Labute approximate surface area is 127 Å². The number of rotatable bonds is 5. The Morgan fingerprint density at radius 1 is 1.43 bits per heavy atom.